The van der Waals surface area contributed by atoms with Crippen molar-refractivity contribution in [1.82, 2.24) is 5.32 Å². The molecule has 2 rings (SSSR count). The normalized spacial score (nSPS) is 32.9. The Labute approximate surface area is 98.2 Å². The first-order valence-electron chi connectivity index (χ1n) is 6.62. The molecule has 3 N–H and O–H groups in total. The number of carbonyl (C=O) groups excluding carboxylic acids is 1. The predicted octanol–water partition coefficient (Wildman–Crippen LogP) is 1.81. The zero-order chi connectivity index (χ0) is 11.6. The number of hydrogen-bond acceptors (Lipinski definition) is 2. The van der Waals surface area contributed by atoms with Crippen LogP contribution in [0.1, 0.15) is 51.9 Å². The van der Waals surface area contributed by atoms with Gasteiger partial charge in [-0.25, -0.2) is 0 Å². The van der Waals surface area contributed by atoms with Gasteiger partial charge in [0.2, 0.25) is 5.91 Å². The van der Waals surface area contributed by atoms with E-state index in [-0.39, 0.29) is 11.8 Å². The number of nitrogens with two attached hydrogens (primary N) is 1. The molecular formula is C13H24N2O. The van der Waals surface area contributed by atoms with Gasteiger partial charge < -0.3 is 11.1 Å². The summed E-state index contributed by atoms with van der Waals surface area (Å²) in [6.45, 7) is 3.14. The van der Waals surface area contributed by atoms with Crippen LogP contribution in [0.25, 0.3) is 0 Å². The highest BCUT2D eigenvalue weighted by Gasteiger charge is 2.33. The summed E-state index contributed by atoms with van der Waals surface area (Å²) in [6.07, 6.45) is 7.83. The Morgan fingerprint density at radius 2 is 1.94 bits per heavy atom. The molecule has 2 aliphatic rings. The van der Waals surface area contributed by atoms with Crippen LogP contribution < -0.4 is 11.1 Å². The third kappa shape index (κ3) is 2.76. The lowest BCUT2D eigenvalue weighted by Crippen LogP contribution is -2.43. The Morgan fingerprint density at radius 3 is 2.44 bits per heavy atom. The van der Waals surface area contributed by atoms with Gasteiger partial charge in [-0.15, -0.1) is 0 Å². The lowest BCUT2D eigenvalue weighted by Gasteiger charge is -2.39. The average Bonchev–Trinajstić information content (AvgIpc) is 2.24. The fraction of sp³-hybridized carbons (Fsp3) is 0.923. The first kappa shape index (κ1) is 11.9. The maximum absolute atomic E-state index is 11.9. The fourth-order valence-electron chi connectivity index (χ4n) is 2.78. The largest absolute Gasteiger partial charge is 0.355 e. The van der Waals surface area contributed by atoms with Crippen molar-refractivity contribution in [3.05, 3.63) is 0 Å². The Bertz CT molecular complexity index is 253. The summed E-state index contributed by atoms with van der Waals surface area (Å²) in [7, 11) is 0. The van der Waals surface area contributed by atoms with Crippen molar-refractivity contribution in [2.75, 3.05) is 6.54 Å². The average molecular weight is 224 g/mol. The van der Waals surface area contributed by atoms with Crippen LogP contribution in [0.15, 0.2) is 0 Å². The first-order valence-corrected chi connectivity index (χ1v) is 6.62. The van der Waals surface area contributed by atoms with Crippen LogP contribution in [-0.4, -0.2) is 18.5 Å². The summed E-state index contributed by atoms with van der Waals surface area (Å²) < 4.78 is 0. The zero-order valence-electron chi connectivity index (χ0n) is 10.3. The van der Waals surface area contributed by atoms with Gasteiger partial charge in [0.15, 0.2) is 0 Å². The topological polar surface area (TPSA) is 55.1 Å². The molecule has 3 nitrogen and oxygen atoms in total. The summed E-state index contributed by atoms with van der Waals surface area (Å²) in [6, 6.07) is 0.327. The summed E-state index contributed by atoms with van der Waals surface area (Å²) in [4.78, 5) is 11.9. The number of rotatable bonds is 3. The molecule has 2 saturated carbocycles. The molecule has 0 bridgehead atoms. The van der Waals surface area contributed by atoms with E-state index < -0.39 is 0 Å². The quantitative estimate of drug-likeness (QED) is 0.768. The van der Waals surface area contributed by atoms with Crippen molar-refractivity contribution in [3.63, 3.8) is 0 Å². The summed E-state index contributed by atoms with van der Waals surface area (Å²) >= 11 is 0. The summed E-state index contributed by atoms with van der Waals surface area (Å²) in [5.74, 6) is 0.489. The highest BCUT2D eigenvalue weighted by Crippen LogP contribution is 2.39. The second kappa shape index (κ2) is 4.74. The predicted molar refractivity (Wildman–Crippen MR) is 64.9 cm³/mol. The van der Waals surface area contributed by atoms with E-state index in [0.717, 1.165) is 32.2 Å². The van der Waals surface area contributed by atoms with Crippen molar-refractivity contribution in [3.8, 4) is 0 Å². The molecule has 0 aromatic heterocycles. The number of nitrogens with one attached hydrogen (secondary N) is 1. The highest BCUT2D eigenvalue weighted by molar-refractivity contribution is 5.78. The van der Waals surface area contributed by atoms with Crippen molar-refractivity contribution in [1.29, 1.82) is 0 Å². The zero-order valence-corrected chi connectivity index (χ0v) is 10.3. The lowest BCUT2D eigenvalue weighted by molar-refractivity contribution is -0.126. The molecule has 0 radical (unpaired) electrons. The van der Waals surface area contributed by atoms with E-state index in [1.54, 1.807) is 0 Å². The maximum atomic E-state index is 11.9. The summed E-state index contributed by atoms with van der Waals surface area (Å²) in [5, 5.41) is 3.13. The Balaban J connectivity index is 1.71. The van der Waals surface area contributed by atoms with Crippen molar-refractivity contribution in [2.45, 2.75) is 57.9 Å². The smallest absolute Gasteiger partial charge is 0.223 e. The molecule has 0 unspecified atom stereocenters. The second-order valence-corrected chi connectivity index (χ2v) is 5.99. The van der Waals surface area contributed by atoms with Crippen LogP contribution in [0.3, 0.4) is 0 Å². The van der Waals surface area contributed by atoms with E-state index in [1.807, 2.05) is 0 Å². The van der Waals surface area contributed by atoms with E-state index in [2.05, 4.69) is 12.2 Å². The van der Waals surface area contributed by atoms with Crippen LogP contribution in [-0.2, 0) is 4.79 Å². The van der Waals surface area contributed by atoms with Crippen LogP contribution in [0.5, 0.6) is 0 Å². The molecule has 0 aromatic carbocycles. The Morgan fingerprint density at radius 1 is 1.31 bits per heavy atom. The SMILES string of the molecule is CC1(CNC(=O)C2CCC(N)CC2)CCC1. The van der Waals surface area contributed by atoms with Gasteiger partial charge in [-0.05, 0) is 43.9 Å². The van der Waals surface area contributed by atoms with Gasteiger partial charge in [-0.1, -0.05) is 13.3 Å². The fourth-order valence-corrected chi connectivity index (χ4v) is 2.78. The van der Waals surface area contributed by atoms with E-state index in [0.29, 0.717) is 11.5 Å². The van der Waals surface area contributed by atoms with Gasteiger partial charge in [0.1, 0.15) is 0 Å². The van der Waals surface area contributed by atoms with Crippen molar-refractivity contribution < 1.29 is 4.79 Å². The van der Waals surface area contributed by atoms with Crippen molar-refractivity contribution in [2.24, 2.45) is 17.1 Å². The van der Waals surface area contributed by atoms with E-state index in [4.69, 9.17) is 5.73 Å². The molecule has 0 aliphatic heterocycles. The number of hydrogen-bond donors (Lipinski definition) is 2. The van der Waals surface area contributed by atoms with Gasteiger partial charge in [0.05, 0.1) is 0 Å². The molecule has 92 valence electrons. The molecule has 3 heteroatoms. The number of amides is 1. The van der Waals surface area contributed by atoms with Gasteiger partial charge in [0, 0.05) is 18.5 Å². The lowest BCUT2D eigenvalue weighted by atomic mass is 9.70. The van der Waals surface area contributed by atoms with E-state index >= 15 is 0 Å². The highest BCUT2D eigenvalue weighted by atomic mass is 16.1. The van der Waals surface area contributed by atoms with Crippen LogP contribution in [0.2, 0.25) is 0 Å². The Kier molecular flexibility index (Phi) is 3.53. The molecule has 0 heterocycles. The van der Waals surface area contributed by atoms with Crippen molar-refractivity contribution >= 4 is 5.91 Å². The molecule has 0 saturated heterocycles. The minimum absolute atomic E-state index is 0.225. The number of carbonyl (C=O) groups is 1. The van der Waals surface area contributed by atoms with Gasteiger partial charge in [0.25, 0.3) is 0 Å². The molecule has 2 fully saturated rings. The minimum atomic E-state index is 0.225. The standard InChI is InChI=1S/C13H24N2O/c1-13(7-2-8-13)9-15-12(16)10-3-5-11(14)6-4-10/h10-11H,2-9,14H2,1H3,(H,15,16). The maximum Gasteiger partial charge on any atom is 0.223 e. The van der Waals surface area contributed by atoms with Crippen LogP contribution >= 0.6 is 0 Å². The molecule has 0 atom stereocenters. The monoisotopic (exact) mass is 224 g/mol. The van der Waals surface area contributed by atoms with Crippen LogP contribution in [0, 0.1) is 11.3 Å². The van der Waals surface area contributed by atoms with Gasteiger partial charge >= 0.3 is 0 Å². The third-order valence-corrected chi connectivity index (χ3v) is 4.39. The van der Waals surface area contributed by atoms with Gasteiger partial charge in [-0.2, -0.15) is 0 Å². The van der Waals surface area contributed by atoms with E-state index in [1.165, 1.54) is 19.3 Å². The molecule has 2 aliphatic carbocycles. The molecule has 0 spiro atoms. The molecular weight excluding hydrogens is 200 g/mol. The first-order chi connectivity index (χ1) is 7.59. The molecule has 1 amide bonds. The van der Waals surface area contributed by atoms with Crippen LogP contribution in [0.4, 0.5) is 0 Å². The third-order valence-electron chi connectivity index (χ3n) is 4.39. The van der Waals surface area contributed by atoms with Gasteiger partial charge in [-0.3, -0.25) is 4.79 Å². The summed E-state index contributed by atoms with van der Waals surface area (Å²) in [5.41, 5.74) is 6.23. The minimum Gasteiger partial charge on any atom is -0.355 e. The molecule has 16 heavy (non-hydrogen) atoms. The molecule has 0 aromatic rings. The van der Waals surface area contributed by atoms with E-state index in [9.17, 15) is 4.79 Å². The Hall–Kier alpha value is -0.570. The second-order valence-electron chi connectivity index (χ2n) is 5.99.